The highest BCUT2D eigenvalue weighted by Crippen LogP contribution is 2.10. The van der Waals surface area contributed by atoms with Crippen LogP contribution >= 0.6 is 24.0 Å². The second-order valence-corrected chi connectivity index (χ2v) is 7.28. The molecule has 0 heterocycles. The van der Waals surface area contributed by atoms with E-state index >= 15 is 0 Å². The Kier molecular flexibility index (Phi) is 10.5. The molecule has 0 bridgehead atoms. The van der Waals surface area contributed by atoms with E-state index in [4.69, 9.17) is 0 Å². The van der Waals surface area contributed by atoms with E-state index in [1.165, 1.54) is 0 Å². The molecule has 2 N–H and O–H groups in total. The number of hydrogen-bond acceptors (Lipinski definition) is 2. The zero-order valence-electron chi connectivity index (χ0n) is 11.7. The van der Waals surface area contributed by atoms with Crippen molar-refractivity contribution < 1.29 is 4.21 Å². The van der Waals surface area contributed by atoms with Crippen LogP contribution in [0.25, 0.3) is 0 Å². The molecule has 104 valence electrons. The Bertz CT molecular complexity index is 262. The van der Waals surface area contributed by atoms with Crippen LogP contribution in [0.2, 0.25) is 0 Å². The van der Waals surface area contributed by atoms with Crippen LogP contribution in [0, 0.1) is 0 Å². The third kappa shape index (κ3) is 9.82. The quantitative estimate of drug-likeness (QED) is 0.447. The van der Waals surface area contributed by atoms with Gasteiger partial charge in [0.25, 0.3) is 0 Å². The van der Waals surface area contributed by atoms with Crippen LogP contribution in [0.3, 0.4) is 0 Å². The van der Waals surface area contributed by atoms with Crippen LogP contribution in [-0.2, 0) is 10.8 Å². The van der Waals surface area contributed by atoms with Crippen molar-refractivity contribution in [3.63, 3.8) is 0 Å². The van der Waals surface area contributed by atoms with E-state index in [9.17, 15) is 4.21 Å². The topological polar surface area (TPSA) is 53.5 Å². The Morgan fingerprint density at radius 1 is 1.35 bits per heavy atom. The monoisotopic (exact) mass is 375 g/mol. The van der Waals surface area contributed by atoms with E-state index in [-0.39, 0.29) is 28.7 Å². The van der Waals surface area contributed by atoms with Crippen LogP contribution in [0.1, 0.15) is 34.6 Å². The van der Waals surface area contributed by atoms with E-state index < -0.39 is 10.8 Å². The summed E-state index contributed by atoms with van der Waals surface area (Å²) in [6, 6.07) is 0.347. The fourth-order valence-electron chi connectivity index (χ4n) is 1.04. The Morgan fingerprint density at radius 3 is 2.24 bits per heavy atom. The van der Waals surface area contributed by atoms with Gasteiger partial charge in [0.2, 0.25) is 0 Å². The van der Waals surface area contributed by atoms with Gasteiger partial charge in [-0.1, -0.05) is 0 Å². The summed E-state index contributed by atoms with van der Waals surface area (Å²) >= 11 is 0. The molecule has 0 saturated heterocycles. The molecule has 0 aromatic carbocycles. The maximum Gasteiger partial charge on any atom is 0.191 e. The summed E-state index contributed by atoms with van der Waals surface area (Å²) in [7, 11) is 0.921. The molecule has 0 aliphatic heterocycles. The van der Waals surface area contributed by atoms with E-state index in [2.05, 4.69) is 29.5 Å². The molecule has 1 atom stereocenters. The fourth-order valence-corrected chi connectivity index (χ4v) is 1.94. The SMILES string of the molecule is CN=C(NCCS(=O)C(C)(C)C)NC(C)C.I. The number of nitrogens with zero attached hydrogens (tertiary/aromatic N) is 1. The molecule has 4 nitrogen and oxygen atoms in total. The van der Waals surface area contributed by atoms with Crippen molar-refractivity contribution >= 4 is 40.7 Å². The van der Waals surface area contributed by atoms with E-state index in [0.29, 0.717) is 18.3 Å². The van der Waals surface area contributed by atoms with Gasteiger partial charge >= 0.3 is 0 Å². The molecule has 0 saturated carbocycles. The second-order valence-electron chi connectivity index (χ2n) is 4.96. The molecule has 0 aromatic rings. The van der Waals surface area contributed by atoms with Gasteiger partial charge in [-0.2, -0.15) is 0 Å². The van der Waals surface area contributed by atoms with Gasteiger partial charge in [-0.25, -0.2) is 0 Å². The zero-order valence-corrected chi connectivity index (χ0v) is 14.8. The average molecular weight is 375 g/mol. The number of guanidine groups is 1. The lowest BCUT2D eigenvalue weighted by atomic mass is 10.3. The lowest BCUT2D eigenvalue weighted by Gasteiger charge is -2.19. The first kappa shape index (κ1) is 19.5. The maximum absolute atomic E-state index is 11.8. The molecule has 0 radical (unpaired) electrons. The van der Waals surface area contributed by atoms with Gasteiger partial charge < -0.3 is 10.6 Å². The van der Waals surface area contributed by atoms with Gasteiger partial charge in [-0.3, -0.25) is 9.20 Å². The summed E-state index contributed by atoms with van der Waals surface area (Å²) in [5.74, 6) is 1.41. The van der Waals surface area contributed by atoms with Gasteiger partial charge in [0, 0.05) is 40.9 Å². The van der Waals surface area contributed by atoms with Gasteiger partial charge in [-0.05, 0) is 34.6 Å². The largest absolute Gasteiger partial charge is 0.355 e. The smallest absolute Gasteiger partial charge is 0.191 e. The van der Waals surface area contributed by atoms with Crippen molar-refractivity contribution in [1.29, 1.82) is 0 Å². The number of rotatable bonds is 4. The van der Waals surface area contributed by atoms with Gasteiger partial charge in [0.05, 0.1) is 0 Å². The molecular formula is C11H26IN3OS. The van der Waals surface area contributed by atoms with Gasteiger partial charge in [-0.15, -0.1) is 24.0 Å². The normalized spacial score (nSPS) is 14.2. The Balaban J connectivity index is 0. The van der Waals surface area contributed by atoms with Gasteiger partial charge in [0.15, 0.2) is 5.96 Å². The molecule has 0 fully saturated rings. The third-order valence-corrected chi connectivity index (χ3v) is 3.85. The molecular weight excluding hydrogens is 349 g/mol. The standard InChI is InChI=1S/C11H25N3OS.HI/c1-9(2)14-10(12-6)13-7-8-16(15)11(3,4)5;/h9H,7-8H2,1-6H3,(H2,12,13,14);1H. The van der Waals surface area contributed by atoms with E-state index in [0.717, 1.165) is 5.96 Å². The second kappa shape index (κ2) is 9.13. The Hall–Kier alpha value is 0.150. The molecule has 17 heavy (non-hydrogen) atoms. The zero-order chi connectivity index (χ0) is 12.8. The number of nitrogens with one attached hydrogen (secondary N) is 2. The first-order valence-electron chi connectivity index (χ1n) is 5.63. The minimum Gasteiger partial charge on any atom is -0.355 e. The van der Waals surface area contributed by atoms with E-state index in [1.54, 1.807) is 7.05 Å². The summed E-state index contributed by atoms with van der Waals surface area (Å²) < 4.78 is 11.6. The summed E-state index contributed by atoms with van der Waals surface area (Å²) in [6.07, 6.45) is 0. The highest BCUT2D eigenvalue weighted by atomic mass is 127. The molecule has 0 rings (SSSR count). The van der Waals surface area contributed by atoms with Crippen LogP contribution in [0.4, 0.5) is 0 Å². The van der Waals surface area contributed by atoms with Crippen molar-refractivity contribution in [2.45, 2.75) is 45.4 Å². The predicted molar refractivity (Wildman–Crippen MR) is 87.8 cm³/mol. The fraction of sp³-hybridized carbons (Fsp3) is 0.909. The summed E-state index contributed by atoms with van der Waals surface area (Å²) in [6.45, 7) is 10.8. The van der Waals surface area contributed by atoms with E-state index in [1.807, 2.05) is 20.8 Å². The lowest BCUT2D eigenvalue weighted by molar-refractivity contribution is 0.646. The van der Waals surface area contributed by atoms with Crippen LogP contribution in [0.15, 0.2) is 4.99 Å². The van der Waals surface area contributed by atoms with Crippen molar-refractivity contribution in [2.24, 2.45) is 4.99 Å². The summed E-state index contributed by atoms with van der Waals surface area (Å²) in [4.78, 5) is 4.08. The lowest BCUT2D eigenvalue weighted by Crippen LogP contribution is -2.43. The molecule has 0 spiro atoms. The van der Waals surface area contributed by atoms with Crippen molar-refractivity contribution in [1.82, 2.24) is 10.6 Å². The number of halogens is 1. The van der Waals surface area contributed by atoms with Crippen molar-refractivity contribution in [2.75, 3.05) is 19.3 Å². The summed E-state index contributed by atoms with van der Waals surface area (Å²) in [5, 5.41) is 6.33. The Labute approximate surface area is 125 Å². The molecule has 0 amide bonds. The molecule has 0 aromatic heterocycles. The third-order valence-electron chi connectivity index (χ3n) is 1.91. The minimum atomic E-state index is -0.814. The molecule has 6 heteroatoms. The number of hydrogen-bond donors (Lipinski definition) is 2. The summed E-state index contributed by atoms with van der Waals surface area (Å²) in [5.41, 5.74) is 0. The van der Waals surface area contributed by atoms with Gasteiger partial charge in [0.1, 0.15) is 0 Å². The molecule has 0 aliphatic rings. The van der Waals surface area contributed by atoms with Crippen LogP contribution in [-0.4, -0.2) is 40.3 Å². The Morgan fingerprint density at radius 2 is 1.88 bits per heavy atom. The highest BCUT2D eigenvalue weighted by molar-refractivity contribution is 14.0. The first-order chi connectivity index (χ1) is 7.27. The highest BCUT2D eigenvalue weighted by Gasteiger charge is 2.18. The molecule has 1 unspecified atom stereocenters. The predicted octanol–water partition coefficient (Wildman–Crippen LogP) is 1.72. The van der Waals surface area contributed by atoms with Crippen molar-refractivity contribution in [3.05, 3.63) is 0 Å². The van der Waals surface area contributed by atoms with Crippen LogP contribution in [0.5, 0.6) is 0 Å². The van der Waals surface area contributed by atoms with Crippen LogP contribution < -0.4 is 10.6 Å². The first-order valence-corrected chi connectivity index (χ1v) is 6.95. The van der Waals surface area contributed by atoms with Crippen molar-refractivity contribution in [3.8, 4) is 0 Å². The maximum atomic E-state index is 11.8. The average Bonchev–Trinajstić information content (AvgIpc) is 2.13. The minimum absolute atomic E-state index is 0. The number of aliphatic imine (C=N–C) groups is 1. The molecule has 0 aliphatic carbocycles.